The number of nitrogens with zero attached hydrogens (tertiary/aromatic N) is 1. The fourth-order valence-corrected chi connectivity index (χ4v) is 1.97. The molecule has 6 heteroatoms. The second-order valence-electron chi connectivity index (χ2n) is 4.49. The third kappa shape index (κ3) is 2.85. The summed E-state index contributed by atoms with van der Waals surface area (Å²) >= 11 is 0. The maximum absolute atomic E-state index is 12.0. The lowest BCUT2D eigenvalue weighted by atomic mass is 10.1. The molecule has 6 nitrogen and oxygen atoms in total. The van der Waals surface area contributed by atoms with Crippen molar-refractivity contribution >= 4 is 17.6 Å². The summed E-state index contributed by atoms with van der Waals surface area (Å²) in [6.07, 6.45) is 0.155. The number of para-hydroxylation sites is 1. The van der Waals surface area contributed by atoms with Gasteiger partial charge in [0.05, 0.1) is 23.4 Å². The lowest BCUT2D eigenvalue weighted by Crippen LogP contribution is -2.17. The fourth-order valence-electron chi connectivity index (χ4n) is 1.97. The third-order valence-electron chi connectivity index (χ3n) is 3.05. The normalized spacial score (nSPS) is 10.3. The van der Waals surface area contributed by atoms with Crippen LogP contribution in [0.5, 0.6) is 0 Å². The van der Waals surface area contributed by atoms with Gasteiger partial charge in [0.2, 0.25) is 5.91 Å². The summed E-state index contributed by atoms with van der Waals surface area (Å²) in [6.45, 7) is 3.66. The highest BCUT2D eigenvalue weighted by Gasteiger charge is 2.14. The standard InChI is InChI=1S/C14H15N3O3/c1-8-11(9(2)17-16-8)7-13(18)15-12-6-4-3-5-10(12)14(19)20/h3-6H,7H2,1-2H3,(H,15,18)(H,16,17)(H,19,20). The minimum absolute atomic E-state index is 0.0708. The molecule has 1 heterocycles. The molecule has 0 atom stereocenters. The first-order chi connectivity index (χ1) is 9.49. The van der Waals surface area contributed by atoms with Gasteiger partial charge in [0.1, 0.15) is 0 Å². The molecule has 0 saturated heterocycles. The van der Waals surface area contributed by atoms with E-state index < -0.39 is 5.97 Å². The highest BCUT2D eigenvalue weighted by molar-refractivity contribution is 6.01. The van der Waals surface area contributed by atoms with Crippen LogP contribution in [0, 0.1) is 13.8 Å². The highest BCUT2D eigenvalue weighted by atomic mass is 16.4. The predicted molar refractivity (Wildman–Crippen MR) is 73.8 cm³/mol. The summed E-state index contributed by atoms with van der Waals surface area (Å²) < 4.78 is 0. The van der Waals surface area contributed by atoms with E-state index in [1.807, 2.05) is 13.8 Å². The SMILES string of the molecule is Cc1n[nH]c(C)c1CC(=O)Nc1ccccc1C(=O)O. The van der Waals surface area contributed by atoms with Crippen LogP contribution >= 0.6 is 0 Å². The summed E-state index contributed by atoms with van der Waals surface area (Å²) in [7, 11) is 0. The van der Waals surface area contributed by atoms with Crippen molar-refractivity contribution in [2.45, 2.75) is 20.3 Å². The van der Waals surface area contributed by atoms with Gasteiger partial charge in [-0.2, -0.15) is 5.10 Å². The van der Waals surface area contributed by atoms with Crippen molar-refractivity contribution in [3.63, 3.8) is 0 Å². The molecule has 2 rings (SSSR count). The van der Waals surface area contributed by atoms with Gasteiger partial charge >= 0.3 is 5.97 Å². The first-order valence-electron chi connectivity index (χ1n) is 6.11. The number of hydrogen-bond acceptors (Lipinski definition) is 3. The number of nitrogens with one attached hydrogen (secondary N) is 2. The lowest BCUT2D eigenvalue weighted by Gasteiger charge is -2.08. The number of carbonyl (C=O) groups excluding carboxylic acids is 1. The van der Waals surface area contributed by atoms with Crippen LogP contribution in [0.4, 0.5) is 5.69 Å². The van der Waals surface area contributed by atoms with Crippen molar-refractivity contribution < 1.29 is 14.7 Å². The van der Waals surface area contributed by atoms with Crippen molar-refractivity contribution in [1.29, 1.82) is 0 Å². The number of carbonyl (C=O) groups is 2. The molecular weight excluding hydrogens is 258 g/mol. The van der Waals surface area contributed by atoms with Crippen LogP contribution in [0.25, 0.3) is 0 Å². The molecule has 3 N–H and O–H groups in total. The number of carboxylic acids is 1. The largest absolute Gasteiger partial charge is 0.478 e. The van der Waals surface area contributed by atoms with E-state index in [-0.39, 0.29) is 17.9 Å². The number of amides is 1. The van der Waals surface area contributed by atoms with E-state index in [9.17, 15) is 9.59 Å². The van der Waals surface area contributed by atoms with E-state index in [1.165, 1.54) is 6.07 Å². The Hall–Kier alpha value is -2.63. The molecule has 0 fully saturated rings. The Labute approximate surface area is 115 Å². The lowest BCUT2D eigenvalue weighted by molar-refractivity contribution is -0.115. The average Bonchev–Trinajstić information content (AvgIpc) is 2.71. The number of carboxylic acid groups (broad SMARTS) is 1. The summed E-state index contributed by atoms with van der Waals surface area (Å²) in [5.74, 6) is -1.34. The molecule has 0 aliphatic rings. The smallest absolute Gasteiger partial charge is 0.337 e. The second-order valence-corrected chi connectivity index (χ2v) is 4.49. The molecule has 0 radical (unpaired) electrons. The highest BCUT2D eigenvalue weighted by Crippen LogP contribution is 2.16. The predicted octanol–water partition coefficient (Wildman–Crippen LogP) is 1.91. The van der Waals surface area contributed by atoms with Crippen LogP contribution in [0.15, 0.2) is 24.3 Å². The van der Waals surface area contributed by atoms with Crippen molar-refractivity contribution in [3.8, 4) is 0 Å². The number of aryl methyl sites for hydroxylation is 2. The van der Waals surface area contributed by atoms with Gasteiger partial charge < -0.3 is 10.4 Å². The molecule has 2 aromatic rings. The number of benzene rings is 1. The van der Waals surface area contributed by atoms with Crippen molar-refractivity contribution in [2.75, 3.05) is 5.32 Å². The Balaban J connectivity index is 2.15. The van der Waals surface area contributed by atoms with E-state index in [1.54, 1.807) is 18.2 Å². The van der Waals surface area contributed by atoms with E-state index in [0.717, 1.165) is 17.0 Å². The summed E-state index contributed by atoms with van der Waals surface area (Å²) in [4.78, 5) is 23.1. The molecular formula is C14H15N3O3. The van der Waals surface area contributed by atoms with E-state index >= 15 is 0 Å². The van der Waals surface area contributed by atoms with Crippen molar-refractivity contribution in [2.24, 2.45) is 0 Å². The molecule has 0 bridgehead atoms. The number of hydrogen-bond donors (Lipinski definition) is 3. The Bertz CT molecular complexity index is 642. The zero-order chi connectivity index (χ0) is 14.7. The Morgan fingerprint density at radius 1 is 1.30 bits per heavy atom. The molecule has 0 spiro atoms. The van der Waals surface area contributed by atoms with Gasteiger partial charge in [0.25, 0.3) is 0 Å². The number of H-pyrrole nitrogens is 1. The first-order valence-corrected chi connectivity index (χ1v) is 6.11. The second kappa shape index (κ2) is 5.56. The number of aromatic amines is 1. The van der Waals surface area contributed by atoms with Crippen LogP contribution in [0.3, 0.4) is 0 Å². The molecule has 0 aliphatic heterocycles. The molecule has 1 aromatic heterocycles. The summed E-state index contributed by atoms with van der Waals surface area (Å²) in [5, 5.41) is 18.5. The minimum Gasteiger partial charge on any atom is -0.478 e. The zero-order valence-electron chi connectivity index (χ0n) is 11.2. The number of aromatic nitrogens is 2. The number of aromatic carboxylic acids is 1. The molecule has 0 saturated carbocycles. The molecule has 1 aromatic carbocycles. The van der Waals surface area contributed by atoms with E-state index in [4.69, 9.17) is 5.11 Å². The van der Waals surface area contributed by atoms with Crippen LogP contribution in [0.1, 0.15) is 27.3 Å². The third-order valence-corrected chi connectivity index (χ3v) is 3.05. The topological polar surface area (TPSA) is 95.1 Å². The van der Waals surface area contributed by atoms with Crippen LogP contribution in [-0.4, -0.2) is 27.2 Å². The van der Waals surface area contributed by atoms with Gasteiger partial charge in [-0.15, -0.1) is 0 Å². The van der Waals surface area contributed by atoms with Crippen LogP contribution in [0.2, 0.25) is 0 Å². The minimum atomic E-state index is -1.07. The van der Waals surface area contributed by atoms with E-state index in [0.29, 0.717) is 5.69 Å². The first kappa shape index (κ1) is 13.8. The Morgan fingerprint density at radius 3 is 2.60 bits per heavy atom. The van der Waals surface area contributed by atoms with Gasteiger partial charge in [0, 0.05) is 11.3 Å². The van der Waals surface area contributed by atoms with Gasteiger partial charge in [-0.3, -0.25) is 9.89 Å². The van der Waals surface area contributed by atoms with Crippen molar-refractivity contribution in [3.05, 3.63) is 46.8 Å². The maximum Gasteiger partial charge on any atom is 0.337 e. The monoisotopic (exact) mass is 273 g/mol. The fraction of sp³-hybridized carbons (Fsp3) is 0.214. The molecule has 1 amide bonds. The average molecular weight is 273 g/mol. The number of anilines is 1. The molecule has 0 unspecified atom stereocenters. The summed E-state index contributed by atoms with van der Waals surface area (Å²) in [5.41, 5.74) is 2.80. The zero-order valence-corrected chi connectivity index (χ0v) is 11.2. The molecule has 20 heavy (non-hydrogen) atoms. The Kier molecular flexibility index (Phi) is 3.84. The van der Waals surface area contributed by atoms with Gasteiger partial charge in [0.15, 0.2) is 0 Å². The Morgan fingerprint density at radius 2 is 2.00 bits per heavy atom. The van der Waals surface area contributed by atoms with Crippen LogP contribution < -0.4 is 5.32 Å². The van der Waals surface area contributed by atoms with E-state index in [2.05, 4.69) is 15.5 Å². The molecule has 0 aliphatic carbocycles. The van der Waals surface area contributed by atoms with Gasteiger partial charge in [-0.1, -0.05) is 12.1 Å². The summed E-state index contributed by atoms with van der Waals surface area (Å²) in [6, 6.07) is 6.31. The van der Waals surface area contributed by atoms with Gasteiger partial charge in [-0.25, -0.2) is 4.79 Å². The maximum atomic E-state index is 12.0. The quantitative estimate of drug-likeness (QED) is 0.793. The van der Waals surface area contributed by atoms with Crippen molar-refractivity contribution in [1.82, 2.24) is 10.2 Å². The molecule has 104 valence electrons. The van der Waals surface area contributed by atoms with Gasteiger partial charge in [-0.05, 0) is 26.0 Å². The number of rotatable bonds is 4. The van der Waals surface area contributed by atoms with Crippen LogP contribution in [-0.2, 0) is 11.2 Å².